The number of hydrogen-bond acceptors (Lipinski definition) is 3. The van der Waals surface area contributed by atoms with Crippen LogP contribution >= 0.6 is 11.3 Å². The summed E-state index contributed by atoms with van der Waals surface area (Å²) in [4.78, 5) is 8.68. The number of rotatable bonds is 4. The van der Waals surface area contributed by atoms with E-state index in [1.165, 1.54) is 0 Å². The number of aromatic nitrogens is 1. The van der Waals surface area contributed by atoms with Crippen molar-refractivity contribution in [3.05, 3.63) is 28.2 Å². The molecule has 0 aromatic carbocycles. The van der Waals surface area contributed by atoms with Crippen molar-refractivity contribution in [2.45, 2.75) is 32.2 Å². The zero-order valence-electron chi connectivity index (χ0n) is 10.9. The lowest BCUT2D eigenvalue weighted by atomic mass is 10.2. The lowest BCUT2D eigenvalue weighted by Crippen LogP contribution is -2.43. The fourth-order valence-corrected chi connectivity index (χ4v) is 2.60. The first-order valence-corrected chi connectivity index (χ1v) is 7.19. The monoisotopic (exact) mass is 264 g/mol. The molecule has 0 saturated carbocycles. The van der Waals surface area contributed by atoms with Crippen LogP contribution in [-0.4, -0.2) is 30.6 Å². The number of aliphatic imine (C=N–C) groups is 1. The second-order valence-corrected chi connectivity index (χ2v) is 5.45. The molecule has 5 heteroatoms. The summed E-state index contributed by atoms with van der Waals surface area (Å²) in [7, 11) is 1.81. The lowest BCUT2D eigenvalue weighted by Gasteiger charge is -2.16. The Hall–Kier alpha value is -1.36. The highest BCUT2D eigenvalue weighted by Gasteiger charge is 2.11. The molecule has 0 aliphatic heterocycles. The summed E-state index contributed by atoms with van der Waals surface area (Å²) in [6.07, 6.45) is 7.54. The molecule has 1 aromatic heterocycles. The third-order valence-corrected chi connectivity index (χ3v) is 3.73. The molecule has 98 valence electrons. The maximum Gasteiger partial charge on any atom is 0.191 e. The Balaban J connectivity index is 1.70. The fourth-order valence-electron chi connectivity index (χ4n) is 1.96. The molecule has 1 aliphatic rings. The van der Waals surface area contributed by atoms with Crippen LogP contribution in [0.15, 0.2) is 22.5 Å². The molecular formula is C13H20N4S. The van der Waals surface area contributed by atoms with Crippen LogP contribution in [0.4, 0.5) is 0 Å². The van der Waals surface area contributed by atoms with Gasteiger partial charge in [0.15, 0.2) is 5.96 Å². The van der Waals surface area contributed by atoms with E-state index in [1.807, 2.05) is 14.0 Å². The van der Waals surface area contributed by atoms with E-state index in [1.54, 1.807) is 11.3 Å². The van der Waals surface area contributed by atoms with E-state index < -0.39 is 0 Å². The third kappa shape index (κ3) is 3.84. The Morgan fingerprint density at radius 2 is 2.28 bits per heavy atom. The zero-order chi connectivity index (χ0) is 12.8. The standard InChI is InChI=1S/C13H20N4S/c1-10-16-12(9-18-10)7-8-15-13(14-2)17-11-5-3-4-6-11/h3-4,9,11H,5-8H2,1-2H3,(H2,14,15,17). The summed E-state index contributed by atoms with van der Waals surface area (Å²) < 4.78 is 0. The molecule has 4 nitrogen and oxygen atoms in total. The summed E-state index contributed by atoms with van der Waals surface area (Å²) in [5.74, 6) is 0.885. The quantitative estimate of drug-likeness (QED) is 0.496. The molecule has 0 amide bonds. The van der Waals surface area contributed by atoms with Crippen molar-refractivity contribution in [3.8, 4) is 0 Å². The van der Waals surface area contributed by atoms with Gasteiger partial charge in [-0.1, -0.05) is 12.2 Å². The summed E-state index contributed by atoms with van der Waals surface area (Å²) in [6, 6.07) is 0.498. The first-order valence-electron chi connectivity index (χ1n) is 6.31. The number of hydrogen-bond donors (Lipinski definition) is 2. The van der Waals surface area contributed by atoms with Crippen molar-refractivity contribution in [3.63, 3.8) is 0 Å². The van der Waals surface area contributed by atoms with Gasteiger partial charge >= 0.3 is 0 Å². The molecule has 0 spiro atoms. The van der Waals surface area contributed by atoms with Crippen LogP contribution in [0, 0.1) is 6.92 Å². The molecule has 1 aliphatic carbocycles. The van der Waals surface area contributed by atoms with Crippen molar-refractivity contribution in [2.24, 2.45) is 4.99 Å². The first-order chi connectivity index (χ1) is 8.78. The Morgan fingerprint density at radius 1 is 1.50 bits per heavy atom. The van der Waals surface area contributed by atoms with Gasteiger partial charge in [-0.3, -0.25) is 4.99 Å². The predicted octanol–water partition coefficient (Wildman–Crippen LogP) is 1.88. The van der Waals surface area contributed by atoms with Gasteiger partial charge in [0.1, 0.15) is 0 Å². The molecule has 0 radical (unpaired) electrons. The van der Waals surface area contributed by atoms with Crippen LogP contribution in [0.5, 0.6) is 0 Å². The number of nitrogens with zero attached hydrogens (tertiary/aromatic N) is 2. The number of guanidine groups is 1. The van der Waals surface area contributed by atoms with Crippen molar-refractivity contribution in [2.75, 3.05) is 13.6 Å². The average Bonchev–Trinajstić information content (AvgIpc) is 3.00. The van der Waals surface area contributed by atoms with Gasteiger partial charge in [-0.05, 0) is 19.8 Å². The lowest BCUT2D eigenvalue weighted by molar-refractivity contribution is 0.632. The molecule has 18 heavy (non-hydrogen) atoms. The third-order valence-electron chi connectivity index (χ3n) is 2.91. The van der Waals surface area contributed by atoms with Gasteiger partial charge in [0.05, 0.1) is 10.7 Å². The highest BCUT2D eigenvalue weighted by Crippen LogP contribution is 2.09. The molecule has 0 bridgehead atoms. The molecule has 0 fully saturated rings. The molecule has 1 aromatic rings. The Morgan fingerprint density at radius 3 is 2.89 bits per heavy atom. The van der Waals surface area contributed by atoms with Crippen LogP contribution in [0.1, 0.15) is 23.5 Å². The molecular weight excluding hydrogens is 244 g/mol. The zero-order valence-corrected chi connectivity index (χ0v) is 11.8. The maximum atomic E-state index is 4.44. The van der Waals surface area contributed by atoms with Gasteiger partial charge < -0.3 is 10.6 Å². The minimum absolute atomic E-state index is 0.498. The molecule has 2 rings (SSSR count). The molecule has 0 saturated heterocycles. The smallest absolute Gasteiger partial charge is 0.191 e. The van der Waals surface area contributed by atoms with Crippen molar-refractivity contribution >= 4 is 17.3 Å². The van der Waals surface area contributed by atoms with Gasteiger partial charge in [-0.2, -0.15) is 0 Å². The van der Waals surface area contributed by atoms with E-state index in [2.05, 4.69) is 38.1 Å². The van der Waals surface area contributed by atoms with E-state index in [0.717, 1.165) is 42.5 Å². The van der Waals surface area contributed by atoms with Crippen LogP contribution in [0.2, 0.25) is 0 Å². The maximum absolute atomic E-state index is 4.44. The van der Waals surface area contributed by atoms with E-state index in [-0.39, 0.29) is 0 Å². The van der Waals surface area contributed by atoms with Crippen LogP contribution in [0.3, 0.4) is 0 Å². The van der Waals surface area contributed by atoms with Crippen LogP contribution < -0.4 is 10.6 Å². The van der Waals surface area contributed by atoms with Crippen LogP contribution in [0.25, 0.3) is 0 Å². The van der Waals surface area contributed by atoms with E-state index >= 15 is 0 Å². The normalized spacial score (nSPS) is 16.2. The number of aryl methyl sites for hydroxylation is 1. The predicted molar refractivity (Wildman–Crippen MR) is 77.2 cm³/mol. The summed E-state index contributed by atoms with van der Waals surface area (Å²) in [6.45, 7) is 2.90. The Labute approximate surface area is 112 Å². The minimum Gasteiger partial charge on any atom is -0.356 e. The van der Waals surface area contributed by atoms with E-state index in [9.17, 15) is 0 Å². The molecule has 0 atom stereocenters. The van der Waals surface area contributed by atoms with Crippen molar-refractivity contribution < 1.29 is 0 Å². The second kappa shape index (κ2) is 6.54. The van der Waals surface area contributed by atoms with E-state index in [4.69, 9.17) is 0 Å². The Kier molecular flexibility index (Phi) is 4.75. The SMILES string of the molecule is CN=C(NCCc1csc(C)n1)NC1CC=CC1. The fraction of sp³-hybridized carbons (Fsp3) is 0.538. The van der Waals surface area contributed by atoms with Gasteiger partial charge in [0.2, 0.25) is 0 Å². The largest absolute Gasteiger partial charge is 0.356 e. The molecule has 1 heterocycles. The van der Waals surface area contributed by atoms with E-state index in [0.29, 0.717) is 6.04 Å². The van der Waals surface area contributed by atoms with Gasteiger partial charge in [-0.25, -0.2) is 4.98 Å². The highest BCUT2D eigenvalue weighted by atomic mass is 32.1. The summed E-state index contributed by atoms with van der Waals surface area (Å²) in [5, 5.41) is 9.99. The topological polar surface area (TPSA) is 49.3 Å². The van der Waals surface area contributed by atoms with Crippen molar-refractivity contribution in [1.82, 2.24) is 15.6 Å². The van der Waals surface area contributed by atoms with Crippen LogP contribution in [-0.2, 0) is 6.42 Å². The summed E-state index contributed by atoms with van der Waals surface area (Å²) >= 11 is 1.70. The minimum atomic E-state index is 0.498. The Bertz CT molecular complexity index is 428. The second-order valence-electron chi connectivity index (χ2n) is 4.39. The number of thiazole rings is 1. The molecule has 0 unspecified atom stereocenters. The average molecular weight is 264 g/mol. The summed E-state index contributed by atoms with van der Waals surface area (Å²) in [5.41, 5.74) is 1.16. The highest BCUT2D eigenvalue weighted by molar-refractivity contribution is 7.09. The number of nitrogens with one attached hydrogen (secondary N) is 2. The molecule has 2 N–H and O–H groups in total. The van der Waals surface area contributed by atoms with Gasteiger partial charge in [0.25, 0.3) is 0 Å². The van der Waals surface area contributed by atoms with Gasteiger partial charge in [0, 0.05) is 31.4 Å². The van der Waals surface area contributed by atoms with Crippen molar-refractivity contribution in [1.29, 1.82) is 0 Å². The van der Waals surface area contributed by atoms with Gasteiger partial charge in [-0.15, -0.1) is 11.3 Å². The first kappa shape index (κ1) is 13.1.